The Bertz CT molecular complexity index is 502. The third kappa shape index (κ3) is 3.06. The van der Waals surface area contributed by atoms with Crippen LogP contribution in [0.15, 0.2) is 0 Å². The van der Waals surface area contributed by atoms with E-state index in [1.54, 1.807) is 0 Å². The lowest BCUT2D eigenvalue weighted by Gasteiger charge is -2.33. The van der Waals surface area contributed by atoms with Crippen molar-refractivity contribution in [3.63, 3.8) is 0 Å². The first kappa shape index (κ1) is 16.2. The minimum absolute atomic E-state index is 0.0259. The number of imide groups is 1. The van der Waals surface area contributed by atoms with Gasteiger partial charge >= 0.3 is 6.03 Å². The molecule has 23 heavy (non-hydrogen) atoms. The molecule has 0 aromatic carbocycles. The average Bonchev–Trinajstić information content (AvgIpc) is 3.12. The van der Waals surface area contributed by atoms with Gasteiger partial charge in [-0.15, -0.1) is 0 Å². The van der Waals surface area contributed by atoms with Crippen molar-refractivity contribution in [1.29, 1.82) is 0 Å². The summed E-state index contributed by atoms with van der Waals surface area (Å²) in [5, 5.41) is 6.06. The number of urea groups is 1. The van der Waals surface area contributed by atoms with E-state index in [0.29, 0.717) is 12.6 Å². The highest BCUT2D eigenvalue weighted by Gasteiger charge is 2.52. The molecule has 0 aromatic rings. The predicted octanol–water partition coefficient (Wildman–Crippen LogP) is 0.452. The molecule has 2 heterocycles. The summed E-state index contributed by atoms with van der Waals surface area (Å²) < 4.78 is 0. The van der Waals surface area contributed by atoms with Gasteiger partial charge in [-0.1, -0.05) is 12.8 Å². The van der Waals surface area contributed by atoms with Crippen molar-refractivity contribution in [2.45, 2.75) is 56.5 Å². The molecular formula is C16H26N4O3. The molecule has 1 spiro atoms. The van der Waals surface area contributed by atoms with Crippen molar-refractivity contribution < 1.29 is 14.4 Å². The van der Waals surface area contributed by atoms with E-state index >= 15 is 0 Å². The van der Waals surface area contributed by atoms with Crippen LogP contribution in [0.3, 0.4) is 0 Å². The quantitative estimate of drug-likeness (QED) is 0.737. The zero-order valence-corrected chi connectivity index (χ0v) is 13.8. The van der Waals surface area contributed by atoms with Crippen LogP contribution in [0, 0.1) is 0 Å². The first-order chi connectivity index (χ1) is 11.1. The summed E-state index contributed by atoms with van der Waals surface area (Å²) in [5.74, 6) is -0.113. The highest BCUT2D eigenvalue weighted by atomic mass is 16.2. The number of hydrogen-bond donors (Lipinski definition) is 2. The van der Waals surface area contributed by atoms with Gasteiger partial charge in [0.2, 0.25) is 5.91 Å². The first-order valence-electron chi connectivity index (χ1n) is 8.65. The highest BCUT2D eigenvalue weighted by molar-refractivity contribution is 6.07. The van der Waals surface area contributed by atoms with Crippen LogP contribution in [0.2, 0.25) is 0 Å². The predicted molar refractivity (Wildman–Crippen MR) is 84.7 cm³/mol. The minimum Gasteiger partial charge on any atom is -0.341 e. The molecule has 4 amide bonds. The summed E-state index contributed by atoms with van der Waals surface area (Å²) in [7, 11) is 1.91. The highest BCUT2D eigenvalue weighted by Crippen LogP contribution is 2.35. The number of piperidine rings is 1. The Balaban J connectivity index is 1.54. The number of nitrogens with zero attached hydrogens (tertiary/aromatic N) is 2. The Morgan fingerprint density at radius 2 is 2.04 bits per heavy atom. The van der Waals surface area contributed by atoms with Crippen molar-refractivity contribution in [2.24, 2.45) is 0 Å². The lowest BCUT2D eigenvalue weighted by atomic mass is 9.98. The van der Waals surface area contributed by atoms with E-state index in [0.717, 1.165) is 45.1 Å². The third-order valence-corrected chi connectivity index (χ3v) is 5.43. The molecule has 3 rings (SSSR count). The molecule has 3 aliphatic rings. The smallest absolute Gasteiger partial charge is 0.325 e. The van der Waals surface area contributed by atoms with Gasteiger partial charge in [0.25, 0.3) is 5.91 Å². The summed E-state index contributed by atoms with van der Waals surface area (Å²) in [4.78, 5) is 40.1. The average molecular weight is 322 g/mol. The van der Waals surface area contributed by atoms with E-state index in [2.05, 4.69) is 10.6 Å². The topological polar surface area (TPSA) is 81.8 Å². The fourth-order valence-corrected chi connectivity index (χ4v) is 4.00. The van der Waals surface area contributed by atoms with Crippen LogP contribution in [0.1, 0.15) is 44.9 Å². The zero-order valence-electron chi connectivity index (χ0n) is 13.8. The number of nitrogens with one attached hydrogen (secondary N) is 2. The molecule has 0 aromatic heterocycles. The van der Waals surface area contributed by atoms with Gasteiger partial charge in [-0.2, -0.15) is 0 Å². The molecule has 2 aliphatic heterocycles. The molecule has 7 heteroatoms. The van der Waals surface area contributed by atoms with Gasteiger partial charge in [0.15, 0.2) is 0 Å². The summed E-state index contributed by atoms with van der Waals surface area (Å²) in [6, 6.07) is 0.00243. The fourth-order valence-electron chi connectivity index (χ4n) is 4.00. The van der Waals surface area contributed by atoms with Gasteiger partial charge in [-0.3, -0.25) is 14.5 Å². The first-order valence-corrected chi connectivity index (χ1v) is 8.65. The largest absolute Gasteiger partial charge is 0.341 e. The maximum atomic E-state index is 12.5. The number of likely N-dealkylation sites (tertiary alicyclic amines) is 1. The van der Waals surface area contributed by atoms with E-state index in [-0.39, 0.29) is 30.8 Å². The van der Waals surface area contributed by atoms with E-state index in [1.165, 1.54) is 4.90 Å². The van der Waals surface area contributed by atoms with Crippen LogP contribution in [0.4, 0.5) is 4.79 Å². The molecule has 3 fully saturated rings. The van der Waals surface area contributed by atoms with Crippen molar-refractivity contribution in [2.75, 3.05) is 26.7 Å². The van der Waals surface area contributed by atoms with E-state index in [1.807, 2.05) is 11.9 Å². The van der Waals surface area contributed by atoms with Crippen LogP contribution >= 0.6 is 0 Å². The molecule has 1 atom stereocenters. The summed E-state index contributed by atoms with van der Waals surface area (Å²) in [6.07, 6.45) is 5.66. The molecule has 1 unspecified atom stereocenters. The minimum atomic E-state index is -0.678. The lowest BCUT2D eigenvalue weighted by molar-refractivity contribution is -0.134. The normalized spacial score (nSPS) is 26.9. The Morgan fingerprint density at radius 1 is 1.30 bits per heavy atom. The Labute approximate surface area is 136 Å². The molecular weight excluding hydrogens is 296 g/mol. The fraction of sp³-hybridized carbons (Fsp3) is 0.812. The van der Waals surface area contributed by atoms with Crippen LogP contribution in [0.5, 0.6) is 0 Å². The van der Waals surface area contributed by atoms with Crippen molar-refractivity contribution in [1.82, 2.24) is 20.4 Å². The SMILES string of the molecule is CNC1CCCN(C(=O)CCN2C(=O)NC3(CCCC3)C2=O)C1. The Morgan fingerprint density at radius 3 is 2.74 bits per heavy atom. The summed E-state index contributed by atoms with van der Waals surface area (Å²) in [6.45, 7) is 1.66. The van der Waals surface area contributed by atoms with Crippen molar-refractivity contribution in [3.05, 3.63) is 0 Å². The maximum Gasteiger partial charge on any atom is 0.325 e. The van der Waals surface area contributed by atoms with Gasteiger partial charge < -0.3 is 15.5 Å². The van der Waals surface area contributed by atoms with Crippen molar-refractivity contribution in [3.8, 4) is 0 Å². The molecule has 2 N–H and O–H groups in total. The molecule has 0 radical (unpaired) electrons. The van der Waals surface area contributed by atoms with Gasteiger partial charge in [0.05, 0.1) is 0 Å². The second-order valence-electron chi connectivity index (χ2n) is 6.89. The third-order valence-electron chi connectivity index (χ3n) is 5.43. The number of carbonyl (C=O) groups is 3. The van der Waals surface area contributed by atoms with Gasteiger partial charge in [0.1, 0.15) is 5.54 Å². The molecule has 128 valence electrons. The number of hydrogen-bond acceptors (Lipinski definition) is 4. The van der Waals surface area contributed by atoms with E-state index in [9.17, 15) is 14.4 Å². The lowest BCUT2D eigenvalue weighted by Crippen LogP contribution is -2.48. The second-order valence-corrected chi connectivity index (χ2v) is 6.89. The van der Waals surface area contributed by atoms with Gasteiger partial charge in [-0.05, 0) is 32.7 Å². The number of rotatable bonds is 4. The van der Waals surface area contributed by atoms with Gasteiger partial charge in [-0.25, -0.2) is 4.79 Å². The summed E-state index contributed by atoms with van der Waals surface area (Å²) >= 11 is 0. The van der Waals surface area contributed by atoms with E-state index < -0.39 is 5.54 Å². The van der Waals surface area contributed by atoms with Crippen LogP contribution < -0.4 is 10.6 Å². The number of likely N-dealkylation sites (N-methyl/N-ethyl adjacent to an activating group) is 1. The molecule has 1 aliphatic carbocycles. The monoisotopic (exact) mass is 322 g/mol. The van der Waals surface area contributed by atoms with Gasteiger partial charge in [0, 0.05) is 32.1 Å². The number of carbonyl (C=O) groups excluding carboxylic acids is 3. The molecule has 2 saturated heterocycles. The van der Waals surface area contributed by atoms with Crippen LogP contribution in [-0.2, 0) is 9.59 Å². The number of amides is 4. The Kier molecular flexibility index (Phi) is 4.57. The molecule has 1 saturated carbocycles. The van der Waals surface area contributed by atoms with E-state index in [4.69, 9.17) is 0 Å². The van der Waals surface area contributed by atoms with Crippen LogP contribution in [-0.4, -0.2) is 65.9 Å². The standard InChI is InChI=1S/C16H26N4O3/c1-17-12-5-4-9-19(11-12)13(21)6-10-20-14(22)16(18-15(20)23)7-2-3-8-16/h12,17H,2-11H2,1H3,(H,18,23). The maximum absolute atomic E-state index is 12.5. The van der Waals surface area contributed by atoms with Crippen LogP contribution in [0.25, 0.3) is 0 Å². The molecule has 7 nitrogen and oxygen atoms in total. The summed E-state index contributed by atoms with van der Waals surface area (Å²) in [5.41, 5.74) is -0.678. The zero-order chi connectivity index (χ0) is 16.4. The van der Waals surface area contributed by atoms with Crippen molar-refractivity contribution >= 4 is 17.8 Å². The Hall–Kier alpha value is -1.63. The molecule has 0 bridgehead atoms. The second kappa shape index (κ2) is 6.47.